The average molecular weight is 635 g/mol. The van der Waals surface area contributed by atoms with Crippen LogP contribution in [-0.4, -0.2) is 51.0 Å². The van der Waals surface area contributed by atoms with Crippen molar-refractivity contribution in [1.29, 1.82) is 0 Å². The predicted molar refractivity (Wildman–Crippen MR) is 160 cm³/mol. The SMILES string of the molecule is CNC(=O)[C@@H](Cc1ccccc1)N(Cc1ccc(Br)cc1)C(=O)CCCN(c1cc(Cl)ccc1C)S(C)(=O)=O. The Kier molecular flexibility index (Phi) is 11.0. The van der Waals surface area contributed by atoms with Crippen molar-refractivity contribution >= 4 is 55.1 Å². The molecule has 7 nitrogen and oxygen atoms in total. The van der Waals surface area contributed by atoms with Crippen LogP contribution in [0, 0.1) is 6.92 Å². The van der Waals surface area contributed by atoms with E-state index in [1.54, 1.807) is 30.1 Å². The van der Waals surface area contributed by atoms with E-state index in [0.717, 1.165) is 27.4 Å². The highest BCUT2D eigenvalue weighted by molar-refractivity contribution is 9.10. The largest absolute Gasteiger partial charge is 0.357 e. The van der Waals surface area contributed by atoms with Gasteiger partial charge in [0.15, 0.2) is 0 Å². The molecule has 10 heteroatoms. The molecule has 0 bridgehead atoms. The van der Waals surface area contributed by atoms with E-state index in [4.69, 9.17) is 11.6 Å². The van der Waals surface area contributed by atoms with E-state index in [0.29, 0.717) is 17.1 Å². The van der Waals surface area contributed by atoms with Gasteiger partial charge in [0.2, 0.25) is 21.8 Å². The van der Waals surface area contributed by atoms with Gasteiger partial charge in [-0.1, -0.05) is 76.1 Å². The summed E-state index contributed by atoms with van der Waals surface area (Å²) in [5.41, 5.74) is 3.05. The fraction of sp³-hybridized carbons (Fsp3) is 0.310. The van der Waals surface area contributed by atoms with E-state index < -0.39 is 16.1 Å². The molecule has 0 unspecified atom stereocenters. The maximum absolute atomic E-state index is 13.7. The van der Waals surface area contributed by atoms with Crippen molar-refractivity contribution in [3.05, 3.63) is 99.0 Å². The van der Waals surface area contributed by atoms with Crippen LogP contribution >= 0.6 is 27.5 Å². The second-order valence-corrected chi connectivity index (χ2v) is 12.6. The third kappa shape index (κ3) is 8.81. The Morgan fingerprint density at radius 3 is 2.28 bits per heavy atom. The number of anilines is 1. The summed E-state index contributed by atoms with van der Waals surface area (Å²) in [7, 11) is -2.07. The topological polar surface area (TPSA) is 86.8 Å². The van der Waals surface area contributed by atoms with Crippen molar-refractivity contribution in [3.8, 4) is 0 Å². The molecule has 1 N–H and O–H groups in total. The number of benzene rings is 3. The summed E-state index contributed by atoms with van der Waals surface area (Å²) in [4.78, 5) is 28.4. The molecule has 0 aliphatic heterocycles. The molecule has 0 spiro atoms. The number of carbonyl (C=O) groups is 2. The zero-order chi connectivity index (χ0) is 28.6. The molecule has 3 aromatic rings. The fourth-order valence-electron chi connectivity index (χ4n) is 4.34. The Morgan fingerprint density at radius 1 is 1.00 bits per heavy atom. The van der Waals surface area contributed by atoms with E-state index in [1.165, 1.54) is 4.31 Å². The molecular formula is C29H33BrClN3O4S. The summed E-state index contributed by atoms with van der Waals surface area (Å²) in [6, 6.07) is 21.5. The Hall–Kier alpha value is -2.88. The number of amides is 2. The highest BCUT2D eigenvalue weighted by atomic mass is 79.9. The first-order valence-corrected chi connectivity index (χ1v) is 15.5. The maximum atomic E-state index is 13.7. The van der Waals surface area contributed by atoms with Gasteiger partial charge in [-0.05, 0) is 54.3 Å². The van der Waals surface area contributed by atoms with Crippen LogP contribution in [-0.2, 0) is 32.6 Å². The minimum atomic E-state index is -3.62. The number of nitrogens with zero attached hydrogens (tertiary/aromatic N) is 2. The molecule has 0 aliphatic carbocycles. The number of aryl methyl sites for hydroxylation is 1. The molecule has 39 heavy (non-hydrogen) atoms. The number of hydrogen-bond acceptors (Lipinski definition) is 4. The summed E-state index contributed by atoms with van der Waals surface area (Å²) in [6.45, 7) is 2.15. The van der Waals surface area contributed by atoms with E-state index >= 15 is 0 Å². The van der Waals surface area contributed by atoms with Crippen LogP contribution in [0.5, 0.6) is 0 Å². The molecule has 3 rings (SSSR count). The number of rotatable bonds is 12. The number of sulfonamides is 1. The molecule has 0 aromatic heterocycles. The molecule has 1 atom stereocenters. The van der Waals surface area contributed by atoms with Gasteiger partial charge in [0.1, 0.15) is 6.04 Å². The Labute approximate surface area is 244 Å². The second-order valence-electron chi connectivity index (χ2n) is 9.34. The third-order valence-electron chi connectivity index (χ3n) is 6.38. The minimum Gasteiger partial charge on any atom is -0.357 e. The molecule has 3 aromatic carbocycles. The lowest BCUT2D eigenvalue weighted by Gasteiger charge is -2.31. The van der Waals surface area contributed by atoms with Gasteiger partial charge in [0.25, 0.3) is 0 Å². The van der Waals surface area contributed by atoms with Crippen LogP contribution in [0.4, 0.5) is 5.69 Å². The lowest BCUT2D eigenvalue weighted by Crippen LogP contribution is -2.49. The van der Waals surface area contributed by atoms with Gasteiger partial charge in [-0.25, -0.2) is 8.42 Å². The minimum absolute atomic E-state index is 0.0600. The first kappa shape index (κ1) is 30.7. The monoisotopic (exact) mass is 633 g/mol. The molecule has 0 fully saturated rings. The van der Waals surface area contributed by atoms with E-state index in [-0.39, 0.29) is 37.7 Å². The fourth-order valence-corrected chi connectivity index (χ4v) is 5.79. The number of hydrogen-bond donors (Lipinski definition) is 1. The van der Waals surface area contributed by atoms with Crippen molar-refractivity contribution in [2.24, 2.45) is 0 Å². The van der Waals surface area contributed by atoms with Gasteiger partial charge in [0, 0.05) is 42.5 Å². The molecular weight excluding hydrogens is 602 g/mol. The zero-order valence-electron chi connectivity index (χ0n) is 22.2. The van der Waals surface area contributed by atoms with Crippen molar-refractivity contribution in [1.82, 2.24) is 10.2 Å². The maximum Gasteiger partial charge on any atom is 0.242 e. The van der Waals surface area contributed by atoms with Gasteiger partial charge < -0.3 is 10.2 Å². The molecule has 0 radical (unpaired) electrons. The van der Waals surface area contributed by atoms with Crippen LogP contribution < -0.4 is 9.62 Å². The van der Waals surface area contributed by atoms with Crippen LogP contribution in [0.15, 0.2) is 77.3 Å². The van der Waals surface area contributed by atoms with Gasteiger partial charge in [-0.2, -0.15) is 0 Å². The van der Waals surface area contributed by atoms with Crippen molar-refractivity contribution in [3.63, 3.8) is 0 Å². The van der Waals surface area contributed by atoms with Crippen LogP contribution in [0.1, 0.15) is 29.5 Å². The van der Waals surface area contributed by atoms with Gasteiger partial charge in [-0.3, -0.25) is 13.9 Å². The van der Waals surface area contributed by atoms with Crippen LogP contribution in [0.2, 0.25) is 5.02 Å². The Morgan fingerprint density at radius 2 is 1.67 bits per heavy atom. The van der Waals surface area contributed by atoms with Crippen molar-refractivity contribution < 1.29 is 18.0 Å². The summed E-state index contributed by atoms with van der Waals surface area (Å²) in [5.74, 6) is -0.504. The lowest BCUT2D eigenvalue weighted by molar-refractivity contribution is -0.141. The summed E-state index contributed by atoms with van der Waals surface area (Å²) in [6.07, 6.45) is 1.81. The van der Waals surface area contributed by atoms with Crippen LogP contribution in [0.25, 0.3) is 0 Å². The smallest absolute Gasteiger partial charge is 0.242 e. The zero-order valence-corrected chi connectivity index (χ0v) is 25.4. The van der Waals surface area contributed by atoms with Gasteiger partial charge in [-0.15, -0.1) is 0 Å². The summed E-state index contributed by atoms with van der Waals surface area (Å²) >= 11 is 9.58. The van der Waals surface area contributed by atoms with Gasteiger partial charge in [0.05, 0.1) is 11.9 Å². The van der Waals surface area contributed by atoms with E-state index in [9.17, 15) is 18.0 Å². The first-order chi connectivity index (χ1) is 18.5. The second kappa shape index (κ2) is 14.0. The number of halogens is 2. The molecule has 0 aliphatic rings. The average Bonchev–Trinajstić information content (AvgIpc) is 2.90. The lowest BCUT2D eigenvalue weighted by atomic mass is 10.0. The third-order valence-corrected chi connectivity index (χ3v) is 8.32. The van der Waals surface area contributed by atoms with E-state index in [1.807, 2.05) is 61.5 Å². The van der Waals surface area contributed by atoms with E-state index in [2.05, 4.69) is 21.2 Å². The quantitative estimate of drug-likeness (QED) is 0.291. The molecule has 0 heterocycles. The normalized spacial score (nSPS) is 12.0. The number of carbonyl (C=O) groups excluding carboxylic acids is 2. The highest BCUT2D eigenvalue weighted by Crippen LogP contribution is 2.27. The molecule has 0 saturated heterocycles. The van der Waals surface area contributed by atoms with Gasteiger partial charge >= 0.3 is 0 Å². The standard InChI is InChI=1S/C29H33BrClN3O4S/c1-21-11-16-25(31)19-26(21)34(39(3,37)38)17-7-10-28(35)33(20-23-12-14-24(30)15-13-23)27(29(36)32-2)18-22-8-5-4-6-9-22/h4-6,8-9,11-16,19,27H,7,10,17-18,20H2,1-3H3,(H,32,36)/t27-/m1/s1. The summed E-state index contributed by atoms with van der Waals surface area (Å²) < 4.78 is 27.5. The molecule has 2 amide bonds. The first-order valence-electron chi connectivity index (χ1n) is 12.5. The van der Waals surface area contributed by atoms with Crippen molar-refractivity contribution in [2.75, 3.05) is 24.2 Å². The Balaban J connectivity index is 1.86. The number of nitrogens with one attached hydrogen (secondary N) is 1. The van der Waals surface area contributed by atoms with Crippen LogP contribution in [0.3, 0.4) is 0 Å². The Bertz CT molecular complexity index is 1390. The number of likely N-dealkylation sites (N-methyl/N-ethyl adjacent to an activating group) is 1. The highest BCUT2D eigenvalue weighted by Gasteiger charge is 2.30. The molecule has 208 valence electrons. The predicted octanol–water partition coefficient (Wildman–Crippen LogP) is 5.34. The summed E-state index contributed by atoms with van der Waals surface area (Å²) in [5, 5.41) is 3.13. The molecule has 0 saturated carbocycles. The van der Waals surface area contributed by atoms with Crippen molar-refractivity contribution in [2.45, 2.75) is 38.8 Å².